The molecule has 0 aliphatic rings. The Morgan fingerprint density at radius 3 is 1.30 bits per heavy atom. The second-order valence-electron chi connectivity index (χ2n) is 17.2. The van der Waals surface area contributed by atoms with E-state index in [9.17, 15) is 0 Å². The van der Waals surface area contributed by atoms with Gasteiger partial charge >= 0.3 is 0 Å². The zero-order valence-corrected chi connectivity index (χ0v) is 36.4. The van der Waals surface area contributed by atoms with E-state index in [0.29, 0.717) is 17.5 Å². The van der Waals surface area contributed by atoms with E-state index in [-0.39, 0.29) is 0 Å². The van der Waals surface area contributed by atoms with Gasteiger partial charge in [-0.25, -0.2) is 15.0 Å². The van der Waals surface area contributed by atoms with Crippen molar-refractivity contribution in [3.63, 3.8) is 0 Å². The monoisotopic (exact) mass is 852 g/mol. The van der Waals surface area contributed by atoms with Crippen LogP contribution >= 0.6 is 0 Å². The number of nitrogens with zero attached hydrogens (tertiary/aromatic N) is 4. The van der Waals surface area contributed by atoms with E-state index in [1.165, 1.54) is 37.9 Å². The summed E-state index contributed by atoms with van der Waals surface area (Å²) in [5.41, 5.74) is 12.7. The summed E-state index contributed by atoms with van der Waals surface area (Å²) in [5, 5.41) is 9.44. The number of hydrogen-bond acceptors (Lipinski definition) is 3. The molecular weight excluding hydrogens is 813 g/mol. The summed E-state index contributed by atoms with van der Waals surface area (Å²) in [7, 11) is 0. The van der Waals surface area contributed by atoms with Gasteiger partial charge in [0.05, 0.1) is 16.7 Å². The maximum atomic E-state index is 5.46. The second kappa shape index (κ2) is 15.9. The van der Waals surface area contributed by atoms with Crippen LogP contribution in [0.15, 0.2) is 243 Å². The van der Waals surface area contributed by atoms with Crippen molar-refractivity contribution in [2.24, 2.45) is 0 Å². The van der Waals surface area contributed by atoms with Crippen LogP contribution in [0.5, 0.6) is 0 Å². The summed E-state index contributed by atoms with van der Waals surface area (Å²) < 4.78 is 2.49. The predicted molar refractivity (Wildman–Crippen MR) is 279 cm³/mol. The van der Waals surface area contributed by atoms with Gasteiger partial charge in [0.25, 0.3) is 0 Å². The molecule has 2 heterocycles. The van der Waals surface area contributed by atoms with Gasteiger partial charge in [0.2, 0.25) is 0 Å². The SMILES string of the molecule is c1ccc(-c2ccc(-c3c(-n4c5cc6ccccc6cc5c5cc6ccccc6cc54)ccc(-c4nc(-c5ccccc5)nc(-c5cccc6ccccc56)n4)c3-c3ccccc3)cc2)cc1. The lowest BCUT2D eigenvalue weighted by Crippen LogP contribution is -2.04. The van der Waals surface area contributed by atoms with E-state index in [4.69, 9.17) is 15.0 Å². The van der Waals surface area contributed by atoms with E-state index in [1.807, 2.05) is 18.2 Å². The standard InChI is InChI=1S/C63H40N4/c1-4-17-41(18-5-1)42-31-33-45(34-32-42)60-56(67-57-39-49-26-12-10-24-47(49)37-54(57)55-38-48-25-11-13-27-50(48)40-58(55)67)36-35-53(59(60)44-20-6-2-7-21-44)63-65-61(46-22-8-3-9-23-46)64-62(66-63)52-30-16-28-43-19-14-15-29-51(43)52/h1-40H. The Hall–Kier alpha value is -8.99. The zero-order chi connectivity index (χ0) is 44.3. The van der Waals surface area contributed by atoms with Gasteiger partial charge in [0, 0.05) is 38.6 Å². The van der Waals surface area contributed by atoms with Crippen LogP contribution in [0, 0.1) is 0 Å². The Labute approximate surface area is 387 Å². The van der Waals surface area contributed by atoms with Crippen LogP contribution in [0.2, 0.25) is 0 Å². The van der Waals surface area contributed by atoms with Gasteiger partial charge in [-0.2, -0.15) is 0 Å². The topological polar surface area (TPSA) is 43.6 Å². The van der Waals surface area contributed by atoms with Crippen LogP contribution in [0.1, 0.15) is 0 Å². The highest BCUT2D eigenvalue weighted by Gasteiger charge is 2.25. The van der Waals surface area contributed by atoms with Crippen molar-refractivity contribution in [2.75, 3.05) is 0 Å². The third-order valence-electron chi connectivity index (χ3n) is 13.2. The molecule has 0 bridgehead atoms. The summed E-state index contributed by atoms with van der Waals surface area (Å²) in [4.78, 5) is 16.1. The summed E-state index contributed by atoms with van der Waals surface area (Å²) in [6.07, 6.45) is 0. The highest BCUT2D eigenvalue weighted by Crippen LogP contribution is 2.47. The summed E-state index contributed by atoms with van der Waals surface area (Å²) >= 11 is 0. The van der Waals surface area contributed by atoms with Crippen molar-refractivity contribution in [3.05, 3.63) is 243 Å². The van der Waals surface area contributed by atoms with Gasteiger partial charge < -0.3 is 4.57 Å². The number of benzene rings is 11. The molecule has 0 radical (unpaired) electrons. The van der Waals surface area contributed by atoms with Gasteiger partial charge in [-0.15, -0.1) is 0 Å². The van der Waals surface area contributed by atoms with E-state index in [2.05, 4.69) is 229 Å². The lowest BCUT2D eigenvalue weighted by atomic mass is 9.87. The smallest absolute Gasteiger partial charge is 0.164 e. The highest BCUT2D eigenvalue weighted by molar-refractivity contribution is 6.17. The number of hydrogen-bond donors (Lipinski definition) is 0. The van der Waals surface area contributed by atoms with Crippen molar-refractivity contribution in [1.29, 1.82) is 0 Å². The normalized spacial score (nSPS) is 11.6. The Balaban J connectivity index is 1.16. The molecule has 312 valence electrons. The molecule has 0 spiro atoms. The minimum atomic E-state index is 0.601. The minimum absolute atomic E-state index is 0.601. The number of rotatable bonds is 7. The molecule has 2 aromatic heterocycles. The van der Waals surface area contributed by atoms with Crippen LogP contribution in [0.25, 0.3) is 127 Å². The maximum absolute atomic E-state index is 5.46. The van der Waals surface area contributed by atoms with Crippen LogP contribution in [-0.2, 0) is 0 Å². The third-order valence-corrected chi connectivity index (χ3v) is 13.2. The van der Waals surface area contributed by atoms with Crippen LogP contribution in [0.4, 0.5) is 0 Å². The van der Waals surface area contributed by atoms with Crippen molar-refractivity contribution in [1.82, 2.24) is 19.5 Å². The first-order chi connectivity index (χ1) is 33.2. The van der Waals surface area contributed by atoms with Crippen LogP contribution in [0.3, 0.4) is 0 Å². The van der Waals surface area contributed by atoms with Crippen LogP contribution < -0.4 is 0 Å². The Morgan fingerprint density at radius 2 is 0.687 bits per heavy atom. The molecule has 0 amide bonds. The molecule has 0 N–H and O–H groups in total. The molecule has 0 unspecified atom stereocenters. The fourth-order valence-corrected chi connectivity index (χ4v) is 10.0. The largest absolute Gasteiger partial charge is 0.309 e. The fourth-order valence-electron chi connectivity index (χ4n) is 10.0. The van der Waals surface area contributed by atoms with E-state index in [0.717, 1.165) is 72.0 Å². The minimum Gasteiger partial charge on any atom is -0.309 e. The fraction of sp³-hybridized carbons (Fsp3) is 0. The summed E-state index contributed by atoms with van der Waals surface area (Å²) in [6, 6.07) is 86.8. The molecule has 0 atom stereocenters. The average molecular weight is 853 g/mol. The molecule has 67 heavy (non-hydrogen) atoms. The molecule has 0 fully saturated rings. The molecule has 0 aliphatic carbocycles. The quantitative estimate of drug-likeness (QED) is 0.160. The molecule has 13 aromatic rings. The Bertz CT molecular complexity index is 3910. The summed E-state index contributed by atoms with van der Waals surface area (Å²) in [6.45, 7) is 0. The van der Waals surface area contributed by atoms with Crippen molar-refractivity contribution in [3.8, 4) is 73.2 Å². The van der Waals surface area contributed by atoms with E-state index >= 15 is 0 Å². The molecular formula is C63H40N4. The van der Waals surface area contributed by atoms with Gasteiger partial charge in [-0.1, -0.05) is 206 Å². The maximum Gasteiger partial charge on any atom is 0.164 e. The zero-order valence-electron chi connectivity index (χ0n) is 36.4. The first-order valence-corrected chi connectivity index (χ1v) is 22.8. The average Bonchev–Trinajstić information content (AvgIpc) is 3.70. The lowest BCUT2D eigenvalue weighted by molar-refractivity contribution is 1.08. The van der Waals surface area contributed by atoms with E-state index in [1.54, 1.807) is 0 Å². The molecule has 4 nitrogen and oxygen atoms in total. The molecule has 0 saturated carbocycles. The Morgan fingerprint density at radius 1 is 0.254 bits per heavy atom. The van der Waals surface area contributed by atoms with Gasteiger partial charge in [-0.3, -0.25) is 0 Å². The third kappa shape index (κ3) is 6.65. The van der Waals surface area contributed by atoms with Gasteiger partial charge in [-0.05, 0) is 91.0 Å². The first kappa shape index (κ1) is 38.5. The Kier molecular flexibility index (Phi) is 9.14. The van der Waals surface area contributed by atoms with Gasteiger partial charge in [0.1, 0.15) is 0 Å². The van der Waals surface area contributed by atoms with E-state index < -0.39 is 0 Å². The van der Waals surface area contributed by atoms with Crippen molar-refractivity contribution in [2.45, 2.75) is 0 Å². The van der Waals surface area contributed by atoms with Crippen LogP contribution in [-0.4, -0.2) is 19.5 Å². The summed E-state index contributed by atoms with van der Waals surface area (Å²) in [5.74, 6) is 1.84. The van der Waals surface area contributed by atoms with Crippen molar-refractivity contribution >= 4 is 54.1 Å². The molecule has 0 aliphatic heterocycles. The first-order valence-electron chi connectivity index (χ1n) is 22.8. The molecule has 11 aromatic carbocycles. The second-order valence-corrected chi connectivity index (χ2v) is 17.2. The molecule has 0 saturated heterocycles. The van der Waals surface area contributed by atoms with Crippen molar-refractivity contribution < 1.29 is 0 Å². The predicted octanol–water partition coefficient (Wildman–Crippen LogP) is 16.4. The van der Waals surface area contributed by atoms with Gasteiger partial charge in [0.15, 0.2) is 17.5 Å². The molecule has 4 heteroatoms. The number of fused-ring (bicyclic) bond motifs is 6. The lowest BCUT2D eigenvalue weighted by Gasteiger charge is -2.22. The molecule has 13 rings (SSSR count). The number of aromatic nitrogens is 4. The highest BCUT2D eigenvalue weighted by atomic mass is 15.0.